The molecule has 3 aromatic rings. The normalized spacial score (nSPS) is 14.9. The molecule has 2 unspecified atom stereocenters. The molecule has 0 fully saturated rings. The quantitative estimate of drug-likeness (QED) is 0.325. The molecule has 2 aromatic carbocycles. The van der Waals surface area contributed by atoms with Crippen molar-refractivity contribution in [3.63, 3.8) is 0 Å². The van der Waals surface area contributed by atoms with Crippen molar-refractivity contribution in [2.45, 2.75) is 26.4 Å². The zero-order valence-electron chi connectivity index (χ0n) is 15.1. The molecule has 27 heavy (non-hydrogen) atoms. The minimum atomic E-state index is -3.36. The summed E-state index contributed by atoms with van der Waals surface area (Å²) in [6, 6.07) is 15.3. The lowest BCUT2D eigenvalue weighted by atomic mass is 10.1. The van der Waals surface area contributed by atoms with E-state index in [-0.39, 0.29) is 0 Å². The molecule has 1 aromatic heterocycles. The third kappa shape index (κ3) is 5.14. The summed E-state index contributed by atoms with van der Waals surface area (Å²) in [6.45, 7) is 0.788. The third-order valence-corrected chi connectivity index (χ3v) is 9.14. The summed E-state index contributed by atoms with van der Waals surface area (Å²) in [7, 11) is 0. The van der Waals surface area contributed by atoms with Crippen molar-refractivity contribution in [3.05, 3.63) is 64.1 Å². The van der Waals surface area contributed by atoms with Crippen LogP contribution in [0.1, 0.15) is 36.9 Å². The summed E-state index contributed by atoms with van der Waals surface area (Å²) in [5, 5.41) is 1.26. The molecule has 144 valence electrons. The molecule has 1 heterocycles. The molecule has 0 aliphatic rings. The molecule has 0 spiro atoms. The molecule has 0 amide bonds. The molecule has 0 aliphatic carbocycles. The highest BCUT2D eigenvalue weighted by Crippen LogP contribution is 2.64. The lowest BCUT2D eigenvalue weighted by Gasteiger charge is -2.23. The van der Waals surface area contributed by atoms with Crippen LogP contribution in [-0.4, -0.2) is 17.3 Å². The van der Waals surface area contributed by atoms with Gasteiger partial charge in [-0.3, -0.25) is 4.52 Å². The SMILES string of the molecule is CCCSP(=O)(OCC)OC(c1nc2ccccc2s1)c1ccccc1Cl. The Hall–Kier alpha value is -0.880. The highest BCUT2D eigenvalue weighted by Gasteiger charge is 2.33. The van der Waals surface area contributed by atoms with Gasteiger partial charge in [-0.1, -0.05) is 48.9 Å². The van der Waals surface area contributed by atoms with Crippen molar-refractivity contribution < 1.29 is 13.6 Å². The van der Waals surface area contributed by atoms with E-state index in [9.17, 15) is 4.57 Å². The Kier molecular flexibility index (Phi) is 7.37. The zero-order chi connectivity index (χ0) is 19.3. The summed E-state index contributed by atoms with van der Waals surface area (Å²) in [5.74, 6) is 0.687. The van der Waals surface area contributed by atoms with Crippen LogP contribution in [0.4, 0.5) is 0 Å². The molecule has 0 bridgehead atoms. The second-order valence-corrected chi connectivity index (χ2v) is 11.3. The number of nitrogens with zero attached hydrogens (tertiary/aromatic N) is 1. The fourth-order valence-corrected chi connectivity index (χ4v) is 7.43. The van der Waals surface area contributed by atoms with Gasteiger partial charge in [-0.25, -0.2) is 9.55 Å². The molecule has 0 saturated carbocycles. The van der Waals surface area contributed by atoms with Gasteiger partial charge in [-0.2, -0.15) is 0 Å². The van der Waals surface area contributed by atoms with Crippen LogP contribution in [0.25, 0.3) is 10.2 Å². The highest BCUT2D eigenvalue weighted by atomic mass is 35.5. The van der Waals surface area contributed by atoms with Gasteiger partial charge in [0.1, 0.15) is 11.1 Å². The van der Waals surface area contributed by atoms with Crippen LogP contribution in [0, 0.1) is 0 Å². The molecular formula is C19H21ClNO3PS2. The van der Waals surface area contributed by atoms with Gasteiger partial charge in [0, 0.05) is 16.3 Å². The van der Waals surface area contributed by atoms with E-state index in [1.165, 1.54) is 22.7 Å². The summed E-state index contributed by atoms with van der Waals surface area (Å²) in [6.07, 6.45) is 0.223. The summed E-state index contributed by atoms with van der Waals surface area (Å²) >= 11 is 9.17. The van der Waals surface area contributed by atoms with E-state index >= 15 is 0 Å². The topological polar surface area (TPSA) is 48.4 Å². The minimum Gasteiger partial charge on any atom is -0.301 e. The monoisotopic (exact) mass is 441 g/mol. The minimum absolute atomic E-state index is 0.309. The Morgan fingerprint density at radius 2 is 1.93 bits per heavy atom. The molecular weight excluding hydrogens is 421 g/mol. The molecule has 0 saturated heterocycles. The Morgan fingerprint density at radius 3 is 2.63 bits per heavy atom. The number of thiazole rings is 1. The molecule has 2 atom stereocenters. The van der Waals surface area contributed by atoms with Gasteiger partial charge in [-0.15, -0.1) is 11.3 Å². The van der Waals surface area contributed by atoms with E-state index in [1.807, 2.05) is 56.3 Å². The number of benzene rings is 2. The van der Waals surface area contributed by atoms with Gasteiger partial charge in [0.15, 0.2) is 0 Å². The van der Waals surface area contributed by atoms with Crippen LogP contribution in [0.15, 0.2) is 48.5 Å². The number of fused-ring (bicyclic) bond motifs is 1. The Balaban J connectivity index is 2.04. The molecule has 8 heteroatoms. The maximum absolute atomic E-state index is 13.3. The number of hydrogen-bond acceptors (Lipinski definition) is 6. The van der Waals surface area contributed by atoms with Crippen molar-refractivity contribution in [2.24, 2.45) is 0 Å². The maximum atomic E-state index is 13.3. The zero-order valence-corrected chi connectivity index (χ0v) is 18.4. The van der Waals surface area contributed by atoms with Gasteiger partial charge in [-0.05, 0) is 42.9 Å². The predicted molar refractivity (Wildman–Crippen MR) is 116 cm³/mol. The largest absolute Gasteiger partial charge is 0.390 e. The van der Waals surface area contributed by atoms with Gasteiger partial charge in [0.05, 0.1) is 16.8 Å². The van der Waals surface area contributed by atoms with Gasteiger partial charge >= 0.3 is 6.80 Å². The van der Waals surface area contributed by atoms with Crippen molar-refractivity contribution in [1.82, 2.24) is 4.98 Å². The first-order valence-electron chi connectivity index (χ1n) is 8.73. The fourth-order valence-electron chi connectivity index (χ4n) is 2.51. The van der Waals surface area contributed by atoms with Gasteiger partial charge in [0.25, 0.3) is 0 Å². The van der Waals surface area contributed by atoms with E-state index in [1.54, 1.807) is 6.07 Å². The first-order valence-corrected chi connectivity index (χ1v) is 13.1. The van der Waals surface area contributed by atoms with E-state index in [2.05, 4.69) is 0 Å². The number of halogens is 1. The molecule has 0 N–H and O–H groups in total. The lowest BCUT2D eigenvalue weighted by Crippen LogP contribution is -2.06. The first-order chi connectivity index (χ1) is 13.1. The molecule has 0 aliphatic heterocycles. The van der Waals surface area contributed by atoms with Crippen LogP contribution >= 0.6 is 41.1 Å². The van der Waals surface area contributed by atoms with Crippen LogP contribution < -0.4 is 0 Å². The number of para-hydroxylation sites is 1. The van der Waals surface area contributed by atoms with Crippen molar-refractivity contribution in [2.75, 3.05) is 12.4 Å². The molecule has 4 nitrogen and oxygen atoms in total. The smallest absolute Gasteiger partial charge is 0.301 e. The van der Waals surface area contributed by atoms with Crippen molar-refractivity contribution >= 4 is 51.3 Å². The summed E-state index contributed by atoms with van der Waals surface area (Å²) in [4.78, 5) is 4.70. The Morgan fingerprint density at radius 1 is 1.19 bits per heavy atom. The van der Waals surface area contributed by atoms with E-state index in [0.717, 1.165) is 22.2 Å². The highest BCUT2D eigenvalue weighted by molar-refractivity contribution is 8.55. The molecule has 0 radical (unpaired) electrons. The van der Waals surface area contributed by atoms with E-state index in [0.29, 0.717) is 22.4 Å². The van der Waals surface area contributed by atoms with Crippen LogP contribution in [0.5, 0.6) is 0 Å². The summed E-state index contributed by atoms with van der Waals surface area (Å²) < 4.78 is 26.0. The predicted octanol–water partition coefficient (Wildman–Crippen LogP) is 7.34. The van der Waals surface area contributed by atoms with Crippen LogP contribution in [0.3, 0.4) is 0 Å². The van der Waals surface area contributed by atoms with Gasteiger partial charge < -0.3 is 4.52 Å². The van der Waals surface area contributed by atoms with E-state index < -0.39 is 12.9 Å². The average Bonchev–Trinajstić information content (AvgIpc) is 3.09. The van der Waals surface area contributed by atoms with Crippen molar-refractivity contribution in [1.29, 1.82) is 0 Å². The van der Waals surface area contributed by atoms with Crippen molar-refractivity contribution in [3.8, 4) is 0 Å². The Labute approximate surface area is 172 Å². The fraction of sp³-hybridized carbons (Fsp3) is 0.316. The van der Waals surface area contributed by atoms with Crippen LogP contribution in [0.2, 0.25) is 5.02 Å². The molecule has 3 rings (SSSR count). The first kappa shape index (κ1) is 20.8. The number of hydrogen-bond donors (Lipinski definition) is 0. The van der Waals surface area contributed by atoms with E-state index in [4.69, 9.17) is 25.6 Å². The average molecular weight is 442 g/mol. The van der Waals surface area contributed by atoms with Crippen LogP contribution in [-0.2, 0) is 13.6 Å². The third-order valence-electron chi connectivity index (χ3n) is 3.70. The Bertz CT molecular complexity index is 916. The maximum Gasteiger partial charge on any atom is 0.390 e. The number of rotatable bonds is 9. The number of aromatic nitrogens is 1. The van der Waals surface area contributed by atoms with Gasteiger partial charge in [0.2, 0.25) is 0 Å². The second-order valence-electron chi connectivity index (χ2n) is 5.73. The summed E-state index contributed by atoms with van der Waals surface area (Å²) in [5.41, 5.74) is 1.61. The standard InChI is InChI=1S/C19H21ClNO3PS2/c1-3-13-26-25(22,23-4-2)24-18(14-9-5-6-10-15(14)20)19-21-16-11-7-8-12-17(16)27-19/h5-12,18H,3-4,13H2,1-2H3. The lowest BCUT2D eigenvalue weighted by molar-refractivity contribution is 0.189. The second kappa shape index (κ2) is 9.55.